The maximum absolute atomic E-state index is 15.8. The lowest BCUT2D eigenvalue weighted by atomic mass is 9.43. The Bertz CT molecular complexity index is 2180. The third-order valence-corrected chi connectivity index (χ3v) is 17.3. The normalized spacial score (nSPS) is 31.0. The van der Waals surface area contributed by atoms with E-state index in [1.54, 1.807) is 109 Å². The predicted molar refractivity (Wildman–Crippen MR) is 248 cm³/mol. The number of methoxy groups -OCH3 is 1. The summed E-state index contributed by atoms with van der Waals surface area (Å²) < 4.78 is 44.2. The van der Waals surface area contributed by atoms with Crippen LogP contribution >= 0.6 is 0 Å². The second kappa shape index (κ2) is 19.5. The van der Waals surface area contributed by atoms with E-state index in [0.29, 0.717) is 11.1 Å². The number of Topliss-reactive ketones (excluding diaryl/α,β-unsaturated/α-hetero) is 1. The molecule has 367 valence electrons. The molecule has 67 heavy (non-hydrogen) atoms. The largest absolute Gasteiger partial charge is 0.456 e. The fourth-order valence-corrected chi connectivity index (χ4v) is 13.9. The van der Waals surface area contributed by atoms with Crippen molar-refractivity contribution in [3.8, 4) is 0 Å². The summed E-state index contributed by atoms with van der Waals surface area (Å²) >= 11 is 0. The fourth-order valence-electron chi connectivity index (χ4n) is 11.5. The molecular formula is C51H70NO14Si. The van der Waals surface area contributed by atoms with Gasteiger partial charge in [0, 0.05) is 32.3 Å². The molecule has 15 nitrogen and oxygen atoms in total. The minimum Gasteiger partial charge on any atom is -0.456 e. The lowest BCUT2D eigenvalue weighted by Crippen LogP contribution is -2.81. The molecule has 16 heteroatoms. The number of alkyl carbamates (subject to hydrolysis) is 1. The summed E-state index contributed by atoms with van der Waals surface area (Å²) in [7, 11) is -0.380. The molecule has 1 heterocycles. The Labute approximate surface area is 396 Å². The van der Waals surface area contributed by atoms with Crippen LogP contribution in [0.4, 0.5) is 4.79 Å². The second-order valence-electron chi connectivity index (χ2n) is 20.9. The van der Waals surface area contributed by atoms with Crippen LogP contribution in [0, 0.1) is 22.7 Å². The van der Waals surface area contributed by atoms with Crippen molar-refractivity contribution in [1.82, 2.24) is 5.32 Å². The minimum absolute atomic E-state index is 0.00545. The third-order valence-electron chi connectivity index (χ3n) is 14.5. The van der Waals surface area contributed by atoms with Gasteiger partial charge in [0.25, 0.3) is 0 Å². The van der Waals surface area contributed by atoms with Crippen molar-refractivity contribution >= 4 is 38.8 Å². The van der Waals surface area contributed by atoms with E-state index >= 15 is 9.59 Å². The standard InChI is InChI=1S/C51H70NO14Si/c1-28(2)67(29(3)4)66-40(39(32-20-16-14-17-21-32)52-46(58)65-47(7,8)9)45(57)62-35-25-51(59)43(63-44(56)33-22-18-15-19-23-33)41-49(12,42(55)34(26-53)38(30(35)5)48(51,10)11)36(60-13)24-37-50(41,27-61-37)64-31(6)54/h14-23,28-29,34-37,39-41,43,53,59H,24-27H2,1-13H3,(H,52,58)/t34-,35?,36+,37-,39+,40?,41?,43?,49-,50+,51-/m1/s1. The molecule has 1 radical (unpaired) electrons. The van der Waals surface area contributed by atoms with E-state index in [9.17, 15) is 24.6 Å². The molecule has 4 aliphatic rings. The molecule has 0 spiro atoms. The summed E-state index contributed by atoms with van der Waals surface area (Å²) in [5, 5.41) is 28.4. The second-order valence-corrected chi connectivity index (χ2v) is 24.3. The van der Waals surface area contributed by atoms with Crippen molar-refractivity contribution < 1.29 is 67.0 Å². The maximum atomic E-state index is 15.8. The molecule has 2 aromatic carbocycles. The number of benzene rings is 2. The van der Waals surface area contributed by atoms with Crippen molar-refractivity contribution in [1.29, 1.82) is 0 Å². The predicted octanol–water partition coefficient (Wildman–Crippen LogP) is 7.00. The van der Waals surface area contributed by atoms with Crippen molar-refractivity contribution in [2.75, 3.05) is 20.3 Å². The van der Waals surface area contributed by atoms with Crippen molar-refractivity contribution in [3.05, 3.63) is 82.9 Å². The number of ether oxygens (including phenoxy) is 6. The molecule has 3 N–H and O–H groups in total. The Morgan fingerprint density at radius 2 is 1.54 bits per heavy atom. The van der Waals surface area contributed by atoms with Crippen LogP contribution in [0.15, 0.2) is 71.8 Å². The molecule has 1 saturated heterocycles. The van der Waals surface area contributed by atoms with Gasteiger partial charge in [-0.25, -0.2) is 14.4 Å². The molecule has 2 bridgehead atoms. The molecule has 1 amide bonds. The zero-order chi connectivity index (χ0) is 49.6. The van der Waals surface area contributed by atoms with E-state index in [4.69, 9.17) is 32.8 Å². The Hall–Kier alpha value is -4.45. The number of amides is 1. The van der Waals surface area contributed by atoms with Gasteiger partial charge in [0.2, 0.25) is 9.04 Å². The Balaban J connectivity index is 1.57. The highest BCUT2D eigenvalue weighted by Gasteiger charge is 2.78. The average molecular weight is 949 g/mol. The van der Waals surface area contributed by atoms with Crippen LogP contribution in [-0.4, -0.2) is 117 Å². The van der Waals surface area contributed by atoms with Crippen LogP contribution in [0.3, 0.4) is 0 Å². The van der Waals surface area contributed by atoms with Crippen LogP contribution in [0.25, 0.3) is 0 Å². The van der Waals surface area contributed by atoms with E-state index in [0.717, 1.165) is 0 Å². The van der Waals surface area contributed by atoms with Crippen molar-refractivity contribution in [3.63, 3.8) is 0 Å². The summed E-state index contributed by atoms with van der Waals surface area (Å²) in [5.41, 5.74) is -6.52. The highest BCUT2D eigenvalue weighted by Crippen LogP contribution is 2.65. The van der Waals surface area contributed by atoms with E-state index in [1.165, 1.54) is 14.0 Å². The monoisotopic (exact) mass is 948 g/mol. The quantitative estimate of drug-likeness (QED) is 0.0756. The van der Waals surface area contributed by atoms with Gasteiger partial charge in [-0.15, -0.1) is 0 Å². The number of carbonyl (C=O) groups is 5. The molecule has 0 aromatic heterocycles. The number of hydrogen-bond acceptors (Lipinski definition) is 14. The zero-order valence-corrected chi connectivity index (χ0v) is 42.2. The number of carbonyl (C=O) groups excluding carboxylic acids is 5. The smallest absolute Gasteiger partial charge is 0.408 e. The topological polar surface area (TPSA) is 202 Å². The van der Waals surface area contributed by atoms with Crippen LogP contribution < -0.4 is 5.32 Å². The Morgan fingerprint density at radius 3 is 2.04 bits per heavy atom. The molecule has 6 rings (SSSR count). The number of aliphatic hydroxyl groups excluding tert-OH is 1. The van der Waals surface area contributed by atoms with Crippen LogP contribution in [0.2, 0.25) is 11.1 Å². The summed E-state index contributed by atoms with van der Waals surface area (Å²) in [4.78, 5) is 72.4. The first-order chi connectivity index (χ1) is 31.3. The van der Waals surface area contributed by atoms with Gasteiger partial charge >= 0.3 is 24.0 Å². The first kappa shape index (κ1) is 51.9. The molecule has 4 unspecified atom stereocenters. The van der Waals surface area contributed by atoms with Gasteiger partial charge in [0.05, 0.1) is 48.2 Å². The third kappa shape index (κ3) is 9.50. The van der Waals surface area contributed by atoms with E-state index in [-0.39, 0.29) is 41.7 Å². The minimum atomic E-state index is -2.23. The van der Waals surface area contributed by atoms with Crippen LogP contribution in [0.1, 0.15) is 118 Å². The Kier molecular flexibility index (Phi) is 15.1. The van der Waals surface area contributed by atoms with Gasteiger partial charge in [-0.05, 0) is 74.5 Å². The molecular weight excluding hydrogens is 879 g/mol. The average Bonchev–Trinajstić information content (AvgIpc) is 3.24. The summed E-state index contributed by atoms with van der Waals surface area (Å²) in [6.07, 6.45) is -7.26. The number of nitrogens with one attached hydrogen (secondary N) is 1. The van der Waals surface area contributed by atoms with Gasteiger partial charge < -0.3 is 48.4 Å². The number of fused-ring (bicyclic) bond motifs is 5. The number of aliphatic hydroxyl groups is 2. The lowest BCUT2D eigenvalue weighted by molar-refractivity contribution is -0.347. The lowest BCUT2D eigenvalue weighted by Gasteiger charge is -2.68. The highest BCUT2D eigenvalue weighted by molar-refractivity contribution is 6.55. The first-order valence-corrected chi connectivity index (χ1v) is 24.8. The summed E-state index contributed by atoms with van der Waals surface area (Å²) in [6, 6.07) is 15.9. The van der Waals surface area contributed by atoms with Gasteiger partial charge in [0.1, 0.15) is 29.5 Å². The van der Waals surface area contributed by atoms with Crippen LogP contribution in [-0.2, 0) is 47.2 Å². The summed E-state index contributed by atoms with van der Waals surface area (Å²) in [5.74, 6) is -5.53. The molecule has 11 atom stereocenters. The zero-order valence-electron chi connectivity index (χ0n) is 41.2. The summed E-state index contributed by atoms with van der Waals surface area (Å²) in [6.45, 7) is 20.3. The number of hydrogen-bond donors (Lipinski definition) is 3. The van der Waals surface area contributed by atoms with Gasteiger partial charge in [-0.1, -0.05) is 90.1 Å². The highest BCUT2D eigenvalue weighted by atomic mass is 28.3. The number of ketones is 1. The van der Waals surface area contributed by atoms with E-state index in [1.807, 2.05) is 27.7 Å². The van der Waals surface area contributed by atoms with Gasteiger partial charge in [0.15, 0.2) is 17.5 Å². The molecule has 2 aromatic rings. The number of esters is 3. The maximum Gasteiger partial charge on any atom is 0.408 e. The molecule has 1 aliphatic heterocycles. The van der Waals surface area contributed by atoms with E-state index < -0.39 is 121 Å². The van der Waals surface area contributed by atoms with Crippen molar-refractivity contribution in [2.45, 2.75) is 160 Å². The van der Waals surface area contributed by atoms with Crippen LogP contribution in [0.5, 0.6) is 0 Å². The SMILES string of the molecule is CO[C@H]1C[C@H]2OC[C@@]2(OC(C)=O)C2C(OC(=O)c3ccccc3)[C@]3(O)CC(OC(=O)C(O[Si](C(C)C)C(C)C)[C@@H](NC(=O)OC(C)(C)C)c4ccccc4)C(C)=C([C@@H](CO)C(=O)[C@@]21C)C3(C)C. The van der Waals surface area contributed by atoms with Crippen molar-refractivity contribution in [2.24, 2.45) is 22.7 Å². The van der Waals surface area contributed by atoms with E-state index in [2.05, 4.69) is 5.32 Å². The van der Waals surface area contributed by atoms with Gasteiger partial charge in [-0.3, -0.25) is 9.59 Å². The molecule has 2 saturated carbocycles. The molecule has 3 aliphatic carbocycles. The Morgan fingerprint density at radius 1 is 0.940 bits per heavy atom. The van der Waals surface area contributed by atoms with Gasteiger partial charge in [-0.2, -0.15) is 0 Å². The molecule has 3 fully saturated rings. The first-order valence-electron chi connectivity index (χ1n) is 23.3. The number of rotatable bonds is 14. The fraction of sp³-hybridized carbons (Fsp3) is 0.627.